The maximum Gasteiger partial charge on any atom is 0.254 e. The van der Waals surface area contributed by atoms with Crippen LogP contribution in [0.4, 0.5) is 14.6 Å². The van der Waals surface area contributed by atoms with E-state index >= 15 is 0 Å². The zero-order valence-corrected chi connectivity index (χ0v) is 16.3. The van der Waals surface area contributed by atoms with Crippen LogP contribution in [0.5, 0.6) is 11.6 Å². The van der Waals surface area contributed by atoms with E-state index in [0.717, 1.165) is 0 Å². The van der Waals surface area contributed by atoms with Gasteiger partial charge in [-0.25, -0.2) is 18.7 Å². The van der Waals surface area contributed by atoms with Crippen LogP contribution in [0.1, 0.15) is 17.3 Å². The molecule has 30 heavy (non-hydrogen) atoms. The normalized spacial score (nSPS) is 16.4. The van der Waals surface area contributed by atoms with Crippen molar-refractivity contribution >= 4 is 11.7 Å². The zero-order valence-electron chi connectivity index (χ0n) is 16.3. The van der Waals surface area contributed by atoms with Crippen LogP contribution >= 0.6 is 0 Å². The number of rotatable bonds is 4. The van der Waals surface area contributed by atoms with E-state index in [-0.39, 0.29) is 29.4 Å². The minimum Gasteiger partial charge on any atom is -0.436 e. The molecule has 1 aliphatic rings. The molecule has 0 spiro atoms. The van der Waals surface area contributed by atoms with Crippen LogP contribution in [-0.2, 0) is 0 Å². The summed E-state index contributed by atoms with van der Waals surface area (Å²) in [5, 5.41) is 0. The molecular formula is C22H20F2N4O2. The lowest BCUT2D eigenvalue weighted by Crippen LogP contribution is -2.54. The van der Waals surface area contributed by atoms with Gasteiger partial charge in [0.15, 0.2) is 11.6 Å². The van der Waals surface area contributed by atoms with Gasteiger partial charge in [-0.05, 0) is 43.3 Å². The van der Waals surface area contributed by atoms with Gasteiger partial charge in [-0.1, -0.05) is 12.1 Å². The first-order valence-corrected chi connectivity index (χ1v) is 9.57. The number of aromatic nitrogens is 2. The number of hydrogen-bond donors (Lipinski definition) is 0. The minimum atomic E-state index is -0.473. The topological polar surface area (TPSA) is 58.6 Å². The summed E-state index contributed by atoms with van der Waals surface area (Å²) < 4.78 is 32.5. The fourth-order valence-corrected chi connectivity index (χ4v) is 3.42. The first-order chi connectivity index (χ1) is 14.5. The van der Waals surface area contributed by atoms with Gasteiger partial charge in [0.2, 0.25) is 5.88 Å². The third-order valence-corrected chi connectivity index (χ3v) is 4.98. The highest BCUT2D eigenvalue weighted by molar-refractivity contribution is 5.94. The standard InChI is InChI=1S/C22H20F2N4O2/c1-15-13-27(10-11-28(15)22(29)16-6-8-17(23)9-7-16)20-12-21(26-14-25-20)30-19-5-3-2-4-18(19)24/h2-9,12,14-15H,10-11,13H2,1H3. The lowest BCUT2D eigenvalue weighted by molar-refractivity contribution is 0.0673. The predicted molar refractivity (Wildman–Crippen MR) is 108 cm³/mol. The van der Waals surface area contributed by atoms with Crippen molar-refractivity contribution < 1.29 is 18.3 Å². The molecule has 1 fully saturated rings. The van der Waals surface area contributed by atoms with Gasteiger partial charge in [0.25, 0.3) is 5.91 Å². The number of carbonyl (C=O) groups is 1. The van der Waals surface area contributed by atoms with Crippen molar-refractivity contribution in [3.8, 4) is 11.6 Å². The number of carbonyl (C=O) groups excluding carboxylic acids is 1. The lowest BCUT2D eigenvalue weighted by Gasteiger charge is -2.40. The second-order valence-electron chi connectivity index (χ2n) is 7.05. The Morgan fingerprint density at radius 2 is 1.83 bits per heavy atom. The number of hydrogen-bond acceptors (Lipinski definition) is 5. The van der Waals surface area contributed by atoms with Crippen molar-refractivity contribution in [2.75, 3.05) is 24.5 Å². The van der Waals surface area contributed by atoms with Crippen LogP contribution < -0.4 is 9.64 Å². The summed E-state index contributed by atoms with van der Waals surface area (Å²) in [6.07, 6.45) is 1.37. The molecule has 1 amide bonds. The quantitative estimate of drug-likeness (QED) is 0.653. The lowest BCUT2D eigenvalue weighted by atomic mass is 10.1. The van der Waals surface area contributed by atoms with Crippen molar-refractivity contribution in [1.82, 2.24) is 14.9 Å². The van der Waals surface area contributed by atoms with Gasteiger partial charge in [-0.2, -0.15) is 0 Å². The molecule has 0 bridgehead atoms. The Hall–Kier alpha value is -3.55. The van der Waals surface area contributed by atoms with E-state index in [1.165, 1.54) is 42.7 Å². The number of nitrogens with zero attached hydrogens (tertiary/aromatic N) is 4. The van der Waals surface area contributed by atoms with Crippen LogP contribution in [-0.4, -0.2) is 46.5 Å². The Morgan fingerprint density at radius 3 is 2.57 bits per heavy atom. The van der Waals surface area contributed by atoms with E-state index in [1.54, 1.807) is 23.1 Å². The molecule has 1 atom stereocenters. The Bertz CT molecular complexity index is 1050. The summed E-state index contributed by atoms with van der Waals surface area (Å²) in [4.78, 5) is 24.9. The summed E-state index contributed by atoms with van der Waals surface area (Å²) in [6.45, 7) is 3.56. The van der Waals surface area contributed by atoms with E-state index in [9.17, 15) is 13.6 Å². The number of anilines is 1. The van der Waals surface area contributed by atoms with Gasteiger partial charge < -0.3 is 14.5 Å². The fraction of sp³-hybridized carbons (Fsp3) is 0.227. The highest BCUT2D eigenvalue weighted by Crippen LogP contribution is 2.26. The van der Waals surface area contributed by atoms with Gasteiger partial charge in [-0.15, -0.1) is 0 Å². The maximum absolute atomic E-state index is 13.8. The number of para-hydroxylation sites is 1. The summed E-state index contributed by atoms with van der Waals surface area (Å²) >= 11 is 0. The fourth-order valence-electron chi connectivity index (χ4n) is 3.42. The molecule has 0 radical (unpaired) electrons. The number of halogens is 2. The number of ether oxygens (including phenoxy) is 1. The van der Waals surface area contributed by atoms with E-state index in [4.69, 9.17) is 4.74 Å². The molecule has 1 saturated heterocycles. The SMILES string of the molecule is CC1CN(c2cc(Oc3ccccc3F)ncn2)CCN1C(=O)c1ccc(F)cc1. The Labute approximate surface area is 172 Å². The van der Waals surface area contributed by atoms with Crippen molar-refractivity contribution in [2.45, 2.75) is 13.0 Å². The second-order valence-corrected chi connectivity index (χ2v) is 7.05. The van der Waals surface area contributed by atoms with Crippen LogP contribution in [0.15, 0.2) is 60.9 Å². The van der Waals surface area contributed by atoms with Crippen LogP contribution in [0, 0.1) is 11.6 Å². The number of amides is 1. The number of piperazine rings is 1. The number of benzene rings is 2. The summed E-state index contributed by atoms with van der Waals surface area (Å²) in [5.74, 6) is -0.0147. The smallest absolute Gasteiger partial charge is 0.254 e. The highest BCUT2D eigenvalue weighted by atomic mass is 19.1. The molecule has 8 heteroatoms. The van der Waals surface area contributed by atoms with Crippen LogP contribution in [0.3, 0.4) is 0 Å². The van der Waals surface area contributed by atoms with Gasteiger partial charge in [0.1, 0.15) is 18.0 Å². The first kappa shape index (κ1) is 19.8. The zero-order chi connectivity index (χ0) is 21.1. The summed E-state index contributed by atoms with van der Waals surface area (Å²) in [7, 11) is 0. The average Bonchev–Trinajstić information content (AvgIpc) is 2.75. The summed E-state index contributed by atoms with van der Waals surface area (Å²) in [5.41, 5.74) is 0.458. The third kappa shape index (κ3) is 4.22. The van der Waals surface area contributed by atoms with Crippen molar-refractivity contribution in [1.29, 1.82) is 0 Å². The molecular weight excluding hydrogens is 390 g/mol. The maximum atomic E-state index is 13.8. The third-order valence-electron chi connectivity index (χ3n) is 4.98. The van der Waals surface area contributed by atoms with Crippen LogP contribution in [0.2, 0.25) is 0 Å². The van der Waals surface area contributed by atoms with E-state index in [1.807, 2.05) is 11.8 Å². The van der Waals surface area contributed by atoms with Gasteiger partial charge in [-0.3, -0.25) is 4.79 Å². The molecule has 1 unspecified atom stereocenters. The monoisotopic (exact) mass is 410 g/mol. The minimum absolute atomic E-state index is 0.0813. The molecule has 0 aliphatic carbocycles. The molecule has 2 aromatic carbocycles. The molecule has 0 N–H and O–H groups in total. The van der Waals surface area contributed by atoms with Gasteiger partial charge in [0, 0.05) is 37.3 Å². The Balaban J connectivity index is 1.45. The highest BCUT2D eigenvalue weighted by Gasteiger charge is 2.29. The Kier molecular flexibility index (Phi) is 5.56. The Morgan fingerprint density at radius 1 is 1.07 bits per heavy atom. The average molecular weight is 410 g/mol. The molecule has 2 heterocycles. The molecule has 1 aliphatic heterocycles. The van der Waals surface area contributed by atoms with Crippen molar-refractivity contribution in [2.24, 2.45) is 0 Å². The predicted octanol–water partition coefficient (Wildman–Crippen LogP) is 3.90. The van der Waals surface area contributed by atoms with Crippen molar-refractivity contribution in [3.05, 3.63) is 78.1 Å². The van der Waals surface area contributed by atoms with Gasteiger partial charge >= 0.3 is 0 Å². The largest absolute Gasteiger partial charge is 0.436 e. The van der Waals surface area contributed by atoms with Crippen molar-refractivity contribution in [3.63, 3.8) is 0 Å². The molecule has 3 aromatic rings. The van der Waals surface area contributed by atoms with Crippen LogP contribution in [0.25, 0.3) is 0 Å². The van der Waals surface area contributed by atoms with Gasteiger partial charge in [0.05, 0.1) is 0 Å². The molecule has 6 nitrogen and oxygen atoms in total. The summed E-state index contributed by atoms with van der Waals surface area (Å²) in [6, 6.07) is 13.2. The van der Waals surface area contributed by atoms with E-state index < -0.39 is 5.82 Å². The molecule has 0 saturated carbocycles. The first-order valence-electron chi connectivity index (χ1n) is 9.57. The molecule has 1 aromatic heterocycles. The molecule has 154 valence electrons. The molecule has 4 rings (SSSR count). The van der Waals surface area contributed by atoms with E-state index in [0.29, 0.717) is 31.0 Å². The second kappa shape index (κ2) is 8.44. The van der Waals surface area contributed by atoms with E-state index in [2.05, 4.69) is 9.97 Å².